The topological polar surface area (TPSA) is 66.5 Å². The second-order valence-electron chi connectivity index (χ2n) is 3.57. The lowest BCUT2D eigenvalue weighted by Crippen LogP contribution is -1.98. The summed E-state index contributed by atoms with van der Waals surface area (Å²) in [6, 6.07) is 4.93. The molecule has 0 spiro atoms. The normalized spacial score (nSPS) is 10.8. The van der Waals surface area contributed by atoms with Crippen LogP contribution in [0.1, 0.15) is 0 Å². The molecule has 0 aliphatic rings. The molecule has 3 rings (SSSR count). The van der Waals surface area contributed by atoms with Gasteiger partial charge in [-0.25, -0.2) is 19.3 Å². The monoisotopic (exact) mass is 355 g/mol. The first-order valence-corrected chi connectivity index (χ1v) is 6.18. The van der Waals surface area contributed by atoms with Crippen LogP contribution in [0.25, 0.3) is 11.2 Å². The summed E-state index contributed by atoms with van der Waals surface area (Å²) in [5.74, 6) is 0.144. The van der Waals surface area contributed by atoms with E-state index in [4.69, 9.17) is 0 Å². The van der Waals surface area contributed by atoms with E-state index in [0.717, 1.165) is 3.57 Å². The van der Waals surface area contributed by atoms with Gasteiger partial charge in [0, 0.05) is 3.57 Å². The number of rotatable bonds is 2. The number of halogens is 2. The van der Waals surface area contributed by atoms with E-state index in [1.165, 1.54) is 18.7 Å². The number of nitrogens with zero attached hydrogens (tertiary/aromatic N) is 3. The van der Waals surface area contributed by atoms with Crippen LogP contribution in [0.2, 0.25) is 0 Å². The largest absolute Gasteiger partial charge is 0.336 e. The Morgan fingerprint density at radius 1 is 1.22 bits per heavy atom. The Bertz CT molecular complexity index is 711. The highest BCUT2D eigenvalue weighted by molar-refractivity contribution is 14.1. The fraction of sp³-hybridized carbons (Fsp3) is 0. The second kappa shape index (κ2) is 4.48. The minimum absolute atomic E-state index is 0.329. The molecule has 0 bridgehead atoms. The van der Waals surface area contributed by atoms with Gasteiger partial charge in [-0.15, -0.1) is 0 Å². The van der Waals surface area contributed by atoms with Crippen molar-refractivity contribution < 1.29 is 4.39 Å². The maximum atomic E-state index is 13.7. The lowest BCUT2D eigenvalue weighted by atomic mass is 10.3. The van der Waals surface area contributed by atoms with Crippen molar-refractivity contribution in [1.29, 1.82) is 0 Å². The van der Waals surface area contributed by atoms with Gasteiger partial charge in [0.1, 0.15) is 12.1 Å². The second-order valence-corrected chi connectivity index (χ2v) is 4.82. The number of fused-ring (bicyclic) bond motifs is 1. The molecule has 2 heterocycles. The van der Waals surface area contributed by atoms with Gasteiger partial charge in [0.15, 0.2) is 17.0 Å². The van der Waals surface area contributed by atoms with E-state index < -0.39 is 0 Å². The predicted molar refractivity (Wildman–Crippen MR) is 74.1 cm³/mol. The summed E-state index contributed by atoms with van der Waals surface area (Å²) in [4.78, 5) is 15.0. The molecule has 0 unspecified atom stereocenters. The number of H-pyrrole nitrogens is 1. The molecule has 5 nitrogen and oxygen atoms in total. The first-order chi connectivity index (χ1) is 8.74. The summed E-state index contributed by atoms with van der Waals surface area (Å²) in [5.41, 5.74) is 1.55. The number of aromatic nitrogens is 4. The Labute approximate surface area is 115 Å². The standard InChI is InChI=1S/C11H7FIN5/c12-7-3-6(13)1-2-8(7)18-11-9-10(15-4-14-9)16-5-17-11/h1-5H,(H2,14,15,16,17,18). The quantitative estimate of drug-likeness (QED) is 0.694. The summed E-state index contributed by atoms with van der Waals surface area (Å²) in [6.45, 7) is 0. The van der Waals surface area contributed by atoms with Crippen molar-refractivity contribution in [1.82, 2.24) is 19.9 Å². The van der Waals surface area contributed by atoms with Gasteiger partial charge in [-0.1, -0.05) is 0 Å². The Morgan fingerprint density at radius 2 is 2.11 bits per heavy atom. The van der Waals surface area contributed by atoms with Crippen LogP contribution < -0.4 is 5.32 Å². The molecule has 0 atom stereocenters. The van der Waals surface area contributed by atoms with Crippen LogP contribution in [0.5, 0.6) is 0 Å². The minimum Gasteiger partial charge on any atom is -0.336 e. The van der Waals surface area contributed by atoms with Crippen LogP contribution in [-0.4, -0.2) is 19.9 Å². The third-order valence-electron chi connectivity index (χ3n) is 2.40. The van der Waals surface area contributed by atoms with Crippen LogP contribution in [-0.2, 0) is 0 Å². The van der Waals surface area contributed by atoms with Gasteiger partial charge in [0.2, 0.25) is 0 Å². The number of aromatic amines is 1. The number of hydrogen-bond donors (Lipinski definition) is 2. The molecule has 90 valence electrons. The molecule has 1 aromatic carbocycles. The van der Waals surface area contributed by atoms with E-state index >= 15 is 0 Å². The number of nitrogens with one attached hydrogen (secondary N) is 2. The molecule has 0 radical (unpaired) electrons. The highest BCUT2D eigenvalue weighted by atomic mass is 127. The summed E-state index contributed by atoms with van der Waals surface area (Å²) >= 11 is 2.06. The molecule has 7 heteroatoms. The van der Waals surface area contributed by atoms with Crippen molar-refractivity contribution in [2.75, 3.05) is 5.32 Å². The zero-order chi connectivity index (χ0) is 12.5. The Hall–Kier alpha value is -1.77. The third kappa shape index (κ3) is 2.01. The molecule has 3 aromatic rings. The van der Waals surface area contributed by atoms with Crippen LogP contribution in [0.4, 0.5) is 15.9 Å². The fourth-order valence-electron chi connectivity index (χ4n) is 1.57. The Balaban J connectivity index is 2.03. The van der Waals surface area contributed by atoms with Crippen LogP contribution in [0, 0.1) is 9.39 Å². The van der Waals surface area contributed by atoms with E-state index in [-0.39, 0.29) is 5.82 Å². The van der Waals surface area contributed by atoms with E-state index in [0.29, 0.717) is 22.7 Å². The van der Waals surface area contributed by atoms with Crippen molar-refractivity contribution in [2.45, 2.75) is 0 Å². The van der Waals surface area contributed by atoms with Crippen LogP contribution in [0.15, 0.2) is 30.9 Å². The van der Waals surface area contributed by atoms with Gasteiger partial charge in [-0.3, -0.25) is 0 Å². The maximum Gasteiger partial charge on any atom is 0.162 e. The number of anilines is 2. The maximum absolute atomic E-state index is 13.7. The average molecular weight is 355 g/mol. The first kappa shape index (κ1) is 11.3. The number of benzene rings is 1. The molecule has 0 saturated carbocycles. The average Bonchev–Trinajstić information content (AvgIpc) is 2.82. The summed E-state index contributed by atoms with van der Waals surface area (Å²) < 4.78 is 14.6. The van der Waals surface area contributed by atoms with E-state index in [1.807, 2.05) is 6.07 Å². The first-order valence-electron chi connectivity index (χ1n) is 5.10. The van der Waals surface area contributed by atoms with Crippen LogP contribution >= 0.6 is 22.6 Å². The van der Waals surface area contributed by atoms with Crippen LogP contribution in [0.3, 0.4) is 0 Å². The fourth-order valence-corrected chi connectivity index (χ4v) is 2.03. The molecule has 0 aliphatic heterocycles. The molecule has 0 aliphatic carbocycles. The molecule has 0 fully saturated rings. The predicted octanol–water partition coefficient (Wildman–Crippen LogP) is 2.84. The van der Waals surface area contributed by atoms with Gasteiger partial charge >= 0.3 is 0 Å². The smallest absolute Gasteiger partial charge is 0.162 e. The van der Waals surface area contributed by atoms with Crippen molar-refractivity contribution in [3.05, 3.63) is 40.2 Å². The van der Waals surface area contributed by atoms with Gasteiger partial charge < -0.3 is 10.3 Å². The summed E-state index contributed by atoms with van der Waals surface area (Å²) in [6.07, 6.45) is 2.92. The lowest BCUT2D eigenvalue weighted by molar-refractivity contribution is 0.631. The zero-order valence-electron chi connectivity index (χ0n) is 8.98. The minimum atomic E-state index is -0.329. The molecule has 2 N–H and O–H groups in total. The molecule has 0 amide bonds. The van der Waals surface area contributed by atoms with E-state index in [1.54, 1.807) is 6.07 Å². The SMILES string of the molecule is Fc1cc(I)ccc1Nc1ncnc2[nH]cnc12. The van der Waals surface area contributed by atoms with Crippen molar-refractivity contribution in [2.24, 2.45) is 0 Å². The van der Waals surface area contributed by atoms with Gasteiger partial charge in [-0.05, 0) is 40.8 Å². The van der Waals surface area contributed by atoms with E-state index in [2.05, 4.69) is 47.8 Å². The number of imidazole rings is 1. The van der Waals surface area contributed by atoms with Gasteiger partial charge in [0.05, 0.1) is 12.0 Å². The zero-order valence-corrected chi connectivity index (χ0v) is 11.1. The lowest BCUT2D eigenvalue weighted by Gasteiger charge is -2.06. The summed E-state index contributed by atoms with van der Waals surface area (Å²) in [7, 11) is 0. The molecule has 0 saturated heterocycles. The molecular weight excluding hydrogens is 348 g/mol. The Morgan fingerprint density at radius 3 is 2.94 bits per heavy atom. The molecular formula is C11H7FIN5. The van der Waals surface area contributed by atoms with Crippen molar-refractivity contribution in [3.63, 3.8) is 0 Å². The van der Waals surface area contributed by atoms with E-state index in [9.17, 15) is 4.39 Å². The highest BCUT2D eigenvalue weighted by Gasteiger charge is 2.09. The van der Waals surface area contributed by atoms with Crippen molar-refractivity contribution in [3.8, 4) is 0 Å². The highest BCUT2D eigenvalue weighted by Crippen LogP contribution is 2.23. The molecule has 18 heavy (non-hydrogen) atoms. The Kier molecular flexibility index (Phi) is 2.82. The van der Waals surface area contributed by atoms with Crippen molar-refractivity contribution >= 4 is 45.3 Å². The van der Waals surface area contributed by atoms with Gasteiger partial charge in [0.25, 0.3) is 0 Å². The molecule has 2 aromatic heterocycles. The van der Waals surface area contributed by atoms with Gasteiger partial charge in [-0.2, -0.15) is 0 Å². The number of hydrogen-bond acceptors (Lipinski definition) is 4. The third-order valence-corrected chi connectivity index (χ3v) is 3.07. The summed E-state index contributed by atoms with van der Waals surface area (Å²) in [5, 5.41) is 2.92.